The number of anilines is 1. The van der Waals surface area contributed by atoms with E-state index >= 15 is 0 Å². The van der Waals surface area contributed by atoms with E-state index in [9.17, 15) is 4.79 Å². The minimum absolute atomic E-state index is 0.0780. The third kappa shape index (κ3) is 5.05. The fourth-order valence-electron chi connectivity index (χ4n) is 3.77. The Hall–Kier alpha value is -2.63. The maximum Gasteiger partial charge on any atom is 0.254 e. The van der Waals surface area contributed by atoms with Gasteiger partial charge in [-0.05, 0) is 65.8 Å². The Morgan fingerprint density at radius 1 is 1.17 bits per heavy atom. The first-order valence-electron chi connectivity index (χ1n) is 10.4. The zero-order valence-corrected chi connectivity index (χ0v) is 18.2. The summed E-state index contributed by atoms with van der Waals surface area (Å²) >= 11 is 0. The van der Waals surface area contributed by atoms with Crippen LogP contribution in [0.5, 0.6) is 0 Å². The quantitative estimate of drug-likeness (QED) is 0.455. The molecule has 1 aromatic rings. The van der Waals surface area contributed by atoms with Crippen LogP contribution in [0.1, 0.15) is 47.0 Å². The van der Waals surface area contributed by atoms with Crippen LogP contribution in [0.15, 0.2) is 51.9 Å². The molecule has 2 heterocycles. The molecule has 0 spiro atoms. The Kier molecular flexibility index (Phi) is 6.40. The van der Waals surface area contributed by atoms with E-state index in [-0.39, 0.29) is 11.4 Å². The third-order valence-electron chi connectivity index (χ3n) is 5.78. The maximum atomic E-state index is 13.5. The van der Waals surface area contributed by atoms with E-state index in [2.05, 4.69) is 33.8 Å². The van der Waals surface area contributed by atoms with E-state index in [1.165, 1.54) is 0 Å². The van der Waals surface area contributed by atoms with Crippen LogP contribution in [0.4, 0.5) is 5.82 Å². The molecule has 0 aromatic carbocycles. The molecule has 1 saturated carbocycles. The lowest BCUT2D eigenvalue weighted by Gasteiger charge is -2.25. The molecule has 2 aliphatic rings. The molecule has 29 heavy (non-hydrogen) atoms. The van der Waals surface area contributed by atoms with E-state index in [4.69, 9.17) is 0 Å². The molecule has 1 N–H and O–H groups in total. The molecule has 1 saturated heterocycles. The Balaban J connectivity index is 1.77. The second-order valence-corrected chi connectivity index (χ2v) is 8.51. The number of nitrogens with zero attached hydrogens (tertiary/aromatic N) is 4. The number of carbonyl (C=O) groups is 1. The van der Waals surface area contributed by atoms with Gasteiger partial charge in [0.2, 0.25) is 0 Å². The van der Waals surface area contributed by atoms with Crippen molar-refractivity contribution in [2.24, 2.45) is 4.99 Å². The number of rotatable bonds is 6. The van der Waals surface area contributed by atoms with Gasteiger partial charge in [0.15, 0.2) is 0 Å². The average molecular weight is 396 g/mol. The van der Waals surface area contributed by atoms with Gasteiger partial charge >= 0.3 is 0 Å². The van der Waals surface area contributed by atoms with E-state index in [0.717, 1.165) is 67.3 Å². The van der Waals surface area contributed by atoms with Crippen molar-refractivity contribution in [2.45, 2.75) is 52.5 Å². The van der Waals surface area contributed by atoms with E-state index in [0.29, 0.717) is 6.54 Å². The number of allylic oxidation sites excluding steroid dienone is 1. The highest BCUT2D eigenvalue weighted by atomic mass is 16.2. The average Bonchev–Trinajstić information content (AvgIpc) is 3.48. The molecule has 3 rings (SSSR count). The first-order chi connectivity index (χ1) is 13.8. The molecule has 1 aromatic heterocycles. The van der Waals surface area contributed by atoms with Crippen LogP contribution in [0, 0.1) is 0 Å². The van der Waals surface area contributed by atoms with Gasteiger partial charge in [0.1, 0.15) is 11.6 Å². The van der Waals surface area contributed by atoms with Crippen LogP contribution in [0.2, 0.25) is 0 Å². The topological polar surface area (TPSA) is 60.8 Å². The number of hydrogen-bond donors (Lipinski definition) is 1. The summed E-state index contributed by atoms with van der Waals surface area (Å²) in [4.78, 5) is 26.4. The number of nitrogens with one attached hydrogen (secondary N) is 1. The Morgan fingerprint density at radius 2 is 1.93 bits per heavy atom. The normalized spacial score (nSPS) is 19.0. The molecule has 0 bridgehead atoms. The minimum Gasteiger partial charge on any atom is -0.365 e. The molecule has 1 aliphatic carbocycles. The summed E-state index contributed by atoms with van der Waals surface area (Å²) in [6.45, 7) is 15.0. The lowest BCUT2D eigenvalue weighted by atomic mass is 10.0. The van der Waals surface area contributed by atoms with Crippen LogP contribution in [-0.4, -0.2) is 54.2 Å². The molecule has 0 unspecified atom stereocenters. The van der Waals surface area contributed by atoms with Crippen molar-refractivity contribution in [1.82, 2.24) is 15.2 Å². The van der Waals surface area contributed by atoms with Crippen LogP contribution >= 0.6 is 0 Å². The van der Waals surface area contributed by atoms with Crippen LogP contribution < -0.4 is 10.2 Å². The van der Waals surface area contributed by atoms with Gasteiger partial charge in [-0.1, -0.05) is 11.6 Å². The van der Waals surface area contributed by atoms with Gasteiger partial charge in [-0.2, -0.15) is 0 Å². The lowest BCUT2D eigenvalue weighted by Crippen LogP contribution is -2.37. The highest BCUT2D eigenvalue weighted by Crippen LogP contribution is 2.36. The molecule has 1 aliphatic heterocycles. The van der Waals surface area contributed by atoms with Gasteiger partial charge in [0.05, 0.1) is 0 Å². The van der Waals surface area contributed by atoms with Crippen molar-refractivity contribution in [3.8, 4) is 0 Å². The summed E-state index contributed by atoms with van der Waals surface area (Å²) in [6.07, 6.45) is 4.97. The monoisotopic (exact) mass is 395 g/mol. The fourth-order valence-corrected chi connectivity index (χ4v) is 3.77. The van der Waals surface area contributed by atoms with Crippen molar-refractivity contribution < 1.29 is 4.79 Å². The molecule has 1 amide bonds. The second kappa shape index (κ2) is 8.80. The molecular formula is C23H33N5O. The second-order valence-electron chi connectivity index (χ2n) is 8.51. The number of pyridine rings is 1. The molecule has 2 fully saturated rings. The molecule has 0 radical (unpaired) electrons. The Morgan fingerprint density at radius 3 is 2.52 bits per heavy atom. The highest BCUT2D eigenvalue weighted by Gasteiger charge is 2.38. The number of aromatic nitrogens is 1. The van der Waals surface area contributed by atoms with Crippen molar-refractivity contribution in [1.29, 1.82) is 0 Å². The molecular weight excluding hydrogens is 362 g/mol. The van der Waals surface area contributed by atoms with Crippen molar-refractivity contribution >= 4 is 18.4 Å². The summed E-state index contributed by atoms with van der Waals surface area (Å²) in [6, 6.07) is 5.95. The maximum absolute atomic E-state index is 13.5. The third-order valence-corrected chi connectivity index (χ3v) is 5.78. The standard InChI is InChI=1S/C23H33N5O/c1-17(2)20(18(3)21(24-5)26-23(4)10-11-23)22(29)28-14-8-13-27(15-16-28)19-9-6-7-12-25-19/h6-7,9,12,26H,5,8,10-11,13-16H2,1-4H3/b21-18-. The molecule has 156 valence electrons. The predicted octanol–water partition coefficient (Wildman–Crippen LogP) is 3.53. The summed E-state index contributed by atoms with van der Waals surface area (Å²) in [5, 5.41) is 3.48. The van der Waals surface area contributed by atoms with Gasteiger partial charge in [-0.25, -0.2) is 9.98 Å². The minimum atomic E-state index is 0.0780. The van der Waals surface area contributed by atoms with Crippen LogP contribution in [0.3, 0.4) is 0 Å². The first-order valence-corrected chi connectivity index (χ1v) is 10.4. The van der Waals surface area contributed by atoms with Crippen LogP contribution in [-0.2, 0) is 4.79 Å². The Labute approximate surface area is 174 Å². The van der Waals surface area contributed by atoms with Crippen LogP contribution in [0.25, 0.3) is 0 Å². The summed E-state index contributed by atoms with van der Waals surface area (Å²) in [5.41, 5.74) is 2.71. The fraction of sp³-hybridized carbons (Fsp3) is 0.522. The Bertz CT molecular complexity index is 819. The van der Waals surface area contributed by atoms with E-state index in [1.54, 1.807) is 0 Å². The lowest BCUT2D eigenvalue weighted by molar-refractivity contribution is -0.126. The van der Waals surface area contributed by atoms with Crippen molar-refractivity contribution in [3.05, 3.63) is 46.9 Å². The first kappa shape index (κ1) is 21.1. The summed E-state index contributed by atoms with van der Waals surface area (Å²) in [7, 11) is 0. The number of carbonyl (C=O) groups excluding carboxylic acids is 1. The highest BCUT2D eigenvalue weighted by molar-refractivity contribution is 5.98. The molecule has 6 nitrogen and oxygen atoms in total. The summed E-state index contributed by atoms with van der Waals surface area (Å²) < 4.78 is 0. The SMILES string of the molecule is C=N/C(NC1(C)CC1)=C(\C)C(C(=O)N1CCCN(c2ccccn2)CC1)=C(C)C. The zero-order valence-electron chi connectivity index (χ0n) is 18.2. The summed E-state index contributed by atoms with van der Waals surface area (Å²) in [5.74, 6) is 1.77. The van der Waals surface area contributed by atoms with Gasteiger partial charge in [0, 0.05) is 49.1 Å². The van der Waals surface area contributed by atoms with Gasteiger partial charge in [0.25, 0.3) is 5.91 Å². The number of amides is 1. The van der Waals surface area contributed by atoms with E-state index < -0.39 is 0 Å². The molecule has 0 atom stereocenters. The van der Waals surface area contributed by atoms with Gasteiger partial charge < -0.3 is 15.1 Å². The smallest absolute Gasteiger partial charge is 0.254 e. The largest absolute Gasteiger partial charge is 0.365 e. The van der Waals surface area contributed by atoms with Gasteiger partial charge in [-0.3, -0.25) is 4.79 Å². The predicted molar refractivity (Wildman–Crippen MR) is 119 cm³/mol. The zero-order chi connectivity index (χ0) is 21.0. The van der Waals surface area contributed by atoms with Crippen molar-refractivity contribution in [3.63, 3.8) is 0 Å². The van der Waals surface area contributed by atoms with E-state index in [1.807, 2.05) is 50.1 Å². The number of hydrogen-bond acceptors (Lipinski definition) is 5. The van der Waals surface area contributed by atoms with Crippen molar-refractivity contribution in [2.75, 3.05) is 31.1 Å². The number of aliphatic imine (C=N–C) groups is 1. The molecule has 6 heteroatoms. The van der Waals surface area contributed by atoms with Gasteiger partial charge in [-0.15, -0.1) is 0 Å².